The molecule has 0 aliphatic carbocycles. The highest BCUT2D eigenvalue weighted by atomic mass is 14.8. The van der Waals surface area contributed by atoms with Crippen LogP contribution in [-0.4, -0.2) is 9.97 Å². The van der Waals surface area contributed by atoms with Gasteiger partial charge in [0.25, 0.3) is 0 Å². The van der Waals surface area contributed by atoms with Crippen LogP contribution in [0.4, 0.5) is 0 Å². The lowest BCUT2D eigenvalue weighted by atomic mass is 10.0. The zero-order valence-corrected chi connectivity index (χ0v) is 15.1. The third kappa shape index (κ3) is 2.85. The van der Waals surface area contributed by atoms with E-state index in [1.807, 2.05) is 19.1 Å². The minimum atomic E-state index is 0.959. The summed E-state index contributed by atoms with van der Waals surface area (Å²) in [4.78, 5) is 9.68. The van der Waals surface area contributed by atoms with Crippen LogP contribution in [0.1, 0.15) is 5.69 Å². The van der Waals surface area contributed by atoms with Crippen LogP contribution in [0.5, 0.6) is 0 Å². The standard InChI is InChI=1S/C25H18N2/c1-17-7-8-21-13-14-22-15-16-23(27-25(22)24(21)26-17)20-11-9-19(10-12-20)18-5-3-2-4-6-18/h2-16H,1H3. The van der Waals surface area contributed by atoms with Crippen LogP contribution >= 0.6 is 0 Å². The molecule has 128 valence electrons. The van der Waals surface area contributed by atoms with Crippen molar-refractivity contribution in [3.8, 4) is 22.4 Å². The highest BCUT2D eigenvalue weighted by Gasteiger charge is 2.07. The molecule has 0 spiro atoms. The molecule has 0 radical (unpaired) electrons. The van der Waals surface area contributed by atoms with Gasteiger partial charge in [0.05, 0.1) is 16.7 Å². The maximum Gasteiger partial charge on any atom is 0.0972 e. The Bertz CT molecular complexity index is 1260. The molecular formula is C25H18N2. The molecule has 2 heteroatoms. The summed E-state index contributed by atoms with van der Waals surface area (Å²) < 4.78 is 0. The number of benzene rings is 3. The second-order valence-electron chi connectivity index (χ2n) is 6.80. The van der Waals surface area contributed by atoms with E-state index < -0.39 is 0 Å². The molecule has 0 atom stereocenters. The lowest BCUT2D eigenvalue weighted by molar-refractivity contribution is 1.25. The minimum Gasteiger partial charge on any atom is -0.251 e. The molecule has 2 nitrogen and oxygen atoms in total. The second kappa shape index (κ2) is 6.33. The van der Waals surface area contributed by atoms with Crippen LogP contribution in [0, 0.1) is 6.92 Å². The number of pyridine rings is 2. The van der Waals surface area contributed by atoms with Gasteiger partial charge in [-0.05, 0) is 30.2 Å². The van der Waals surface area contributed by atoms with E-state index in [0.717, 1.165) is 38.8 Å². The fraction of sp³-hybridized carbons (Fsp3) is 0.0400. The predicted molar refractivity (Wildman–Crippen MR) is 113 cm³/mol. The Morgan fingerprint density at radius 1 is 0.481 bits per heavy atom. The third-order valence-corrected chi connectivity index (χ3v) is 4.95. The fourth-order valence-corrected chi connectivity index (χ4v) is 3.49. The molecule has 27 heavy (non-hydrogen) atoms. The highest BCUT2D eigenvalue weighted by Crippen LogP contribution is 2.28. The molecule has 0 saturated carbocycles. The molecule has 0 aliphatic heterocycles. The molecule has 3 aromatic carbocycles. The molecule has 5 rings (SSSR count). The average molecular weight is 346 g/mol. The Labute approximate surface area is 158 Å². The normalized spacial score (nSPS) is 11.1. The van der Waals surface area contributed by atoms with Crippen molar-refractivity contribution in [1.82, 2.24) is 9.97 Å². The third-order valence-electron chi connectivity index (χ3n) is 4.95. The zero-order valence-electron chi connectivity index (χ0n) is 15.1. The highest BCUT2D eigenvalue weighted by molar-refractivity contribution is 6.03. The van der Waals surface area contributed by atoms with Crippen molar-refractivity contribution in [3.05, 3.63) is 96.7 Å². The van der Waals surface area contributed by atoms with E-state index in [1.54, 1.807) is 0 Å². The summed E-state index contributed by atoms with van der Waals surface area (Å²) in [6, 6.07) is 31.6. The van der Waals surface area contributed by atoms with Crippen molar-refractivity contribution >= 4 is 21.8 Å². The van der Waals surface area contributed by atoms with E-state index >= 15 is 0 Å². The van der Waals surface area contributed by atoms with E-state index in [1.165, 1.54) is 11.1 Å². The van der Waals surface area contributed by atoms with E-state index in [2.05, 4.69) is 78.9 Å². The Morgan fingerprint density at radius 2 is 1.04 bits per heavy atom. The molecule has 5 aromatic rings. The van der Waals surface area contributed by atoms with E-state index in [-0.39, 0.29) is 0 Å². The number of nitrogens with zero attached hydrogens (tertiary/aromatic N) is 2. The van der Waals surface area contributed by atoms with E-state index in [9.17, 15) is 0 Å². The fourth-order valence-electron chi connectivity index (χ4n) is 3.49. The average Bonchev–Trinajstić information content (AvgIpc) is 2.74. The summed E-state index contributed by atoms with van der Waals surface area (Å²) in [6.45, 7) is 2.02. The van der Waals surface area contributed by atoms with Gasteiger partial charge in [-0.2, -0.15) is 0 Å². The number of aryl methyl sites for hydroxylation is 1. The maximum atomic E-state index is 4.95. The summed E-state index contributed by atoms with van der Waals surface area (Å²) in [6.07, 6.45) is 0. The van der Waals surface area contributed by atoms with Crippen molar-refractivity contribution in [1.29, 1.82) is 0 Å². The number of rotatable bonds is 2. The molecule has 0 bridgehead atoms. The van der Waals surface area contributed by atoms with Gasteiger partial charge in [0, 0.05) is 22.0 Å². The first-order valence-electron chi connectivity index (χ1n) is 9.11. The molecule has 0 amide bonds. The van der Waals surface area contributed by atoms with Gasteiger partial charge < -0.3 is 0 Å². The summed E-state index contributed by atoms with van der Waals surface area (Å²) in [5, 5.41) is 2.24. The molecular weight excluding hydrogens is 328 g/mol. The van der Waals surface area contributed by atoms with Gasteiger partial charge in [0.2, 0.25) is 0 Å². The number of fused-ring (bicyclic) bond motifs is 3. The maximum absolute atomic E-state index is 4.95. The molecule has 2 heterocycles. The van der Waals surface area contributed by atoms with Gasteiger partial charge in [-0.3, -0.25) is 4.98 Å². The Kier molecular flexibility index (Phi) is 3.68. The first kappa shape index (κ1) is 15.7. The summed E-state index contributed by atoms with van der Waals surface area (Å²) in [5.74, 6) is 0. The molecule has 0 fully saturated rings. The van der Waals surface area contributed by atoms with Crippen molar-refractivity contribution in [2.75, 3.05) is 0 Å². The van der Waals surface area contributed by atoms with Crippen molar-refractivity contribution in [3.63, 3.8) is 0 Å². The smallest absolute Gasteiger partial charge is 0.0972 e. The van der Waals surface area contributed by atoms with Crippen LogP contribution in [0.15, 0.2) is 91.0 Å². The van der Waals surface area contributed by atoms with Gasteiger partial charge in [0.15, 0.2) is 0 Å². The summed E-state index contributed by atoms with van der Waals surface area (Å²) in [7, 11) is 0. The SMILES string of the molecule is Cc1ccc2ccc3ccc(-c4ccc(-c5ccccc5)cc4)nc3c2n1. The second-order valence-corrected chi connectivity index (χ2v) is 6.80. The molecule has 0 unspecified atom stereocenters. The Balaban J connectivity index is 1.62. The molecule has 0 N–H and O–H groups in total. The number of hydrogen-bond donors (Lipinski definition) is 0. The Hall–Kier alpha value is -3.52. The number of hydrogen-bond acceptors (Lipinski definition) is 2. The van der Waals surface area contributed by atoms with Gasteiger partial charge in [-0.1, -0.05) is 78.9 Å². The predicted octanol–water partition coefficient (Wildman–Crippen LogP) is 6.43. The molecule has 2 aromatic heterocycles. The van der Waals surface area contributed by atoms with Gasteiger partial charge in [-0.15, -0.1) is 0 Å². The van der Waals surface area contributed by atoms with E-state index in [4.69, 9.17) is 9.97 Å². The zero-order chi connectivity index (χ0) is 18.2. The van der Waals surface area contributed by atoms with Crippen molar-refractivity contribution in [2.45, 2.75) is 6.92 Å². The number of aromatic nitrogens is 2. The summed E-state index contributed by atoms with van der Waals surface area (Å²) in [5.41, 5.74) is 7.45. The lowest BCUT2D eigenvalue weighted by Crippen LogP contribution is -1.90. The van der Waals surface area contributed by atoms with Crippen LogP contribution in [0.25, 0.3) is 44.2 Å². The Morgan fingerprint density at radius 3 is 1.78 bits per heavy atom. The van der Waals surface area contributed by atoms with Crippen molar-refractivity contribution in [2.24, 2.45) is 0 Å². The van der Waals surface area contributed by atoms with E-state index in [0.29, 0.717) is 0 Å². The largest absolute Gasteiger partial charge is 0.251 e. The quantitative estimate of drug-likeness (QED) is 0.344. The first-order valence-corrected chi connectivity index (χ1v) is 9.11. The van der Waals surface area contributed by atoms with Gasteiger partial charge in [-0.25, -0.2) is 4.98 Å². The lowest BCUT2D eigenvalue weighted by Gasteiger charge is -2.08. The first-order chi connectivity index (χ1) is 13.3. The van der Waals surface area contributed by atoms with Gasteiger partial charge >= 0.3 is 0 Å². The van der Waals surface area contributed by atoms with Gasteiger partial charge in [0.1, 0.15) is 0 Å². The van der Waals surface area contributed by atoms with Crippen LogP contribution < -0.4 is 0 Å². The summed E-state index contributed by atoms with van der Waals surface area (Å²) >= 11 is 0. The van der Waals surface area contributed by atoms with Crippen molar-refractivity contribution < 1.29 is 0 Å². The van der Waals surface area contributed by atoms with Crippen LogP contribution in [0.3, 0.4) is 0 Å². The van der Waals surface area contributed by atoms with Crippen LogP contribution in [0.2, 0.25) is 0 Å². The monoisotopic (exact) mass is 346 g/mol. The topological polar surface area (TPSA) is 25.8 Å². The van der Waals surface area contributed by atoms with Crippen LogP contribution in [-0.2, 0) is 0 Å². The minimum absolute atomic E-state index is 0.959. The molecule has 0 aliphatic rings. The molecule has 0 saturated heterocycles.